The molecule has 0 bridgehead atoms. The second-order valence-electron chi connectivity index (χ2n) is 6.10. The molecule has 25 heavy (non-hydrogen) atoms. The highest BCUT2D eigenvalue weighted by Gasteiger charge is 2.09. The molecule has 0 saturated heterocycles. The second-order valence-corrected chi connectivity index (χ2v) is 6.10. The molecule has 0 radical (unpaired) electrons. The first kappa shape index (κ1) is 16.8. The molecule has 0 saturated carbocycles. The SMILES string of the molecule is Cc1cc(C)c(Nc2nc(C)nc(NCc3ccccn3)n2)c(C)c1. The van der Waals surface area contributed by atoms with E-state index >= 15 is 0 Å². The lowest BCUT2D eigenvalue weighted by Gasteiger charge is -2.13. The molecule has 0 spiro atoms. The highest BCUT2D eigenvalue weighted by Crippen LogP contribution is 2.24. The zero-order valence-corrected chi connectivity index (χ0v) is 15.0. The number of pyridine rings is 1. The number of aryl methyl sites for hydroxylation is 4. The van der Waals surface area contributed by atoms with Crippen LogP contribution in [0.4, 0.5) is 17.6 Å². The van der Waals surface area contributed by atoms with Gasteiger partial charge in [0.05, 0.1) is 12.2 Å². The van der Waals surface area contributed by atoms with E-state index in [1.165, 1.54) is 16.7 Å². The summed E-state index contributed by atoms with van der Waals surface area (Å²) < 4.78 is 0. The summed E-state index contributed by atoms with van der Waals surface area (Å²) in [7, 11) is 0. The van der Waals surface area contributed by atoms with Crippen LogP contribution < -0.4 is 10.6 Å². The van der Waals surface area contributed by atoms with Gasteiger partial charge in [0, 0.05) is 11.9 Å². The van der Waals surface area contributed by atoms with Crippen LogP contribution >= 0.6 is 0 Å². The van der Waals surface area contributed by atoms with Crippen LogP contribution in [0.2, 0.25) is 0 Å². The van der Waals surface area contributed by atoms with Crippen LogP contribution in [0, 0.1) is 27.7 Å². The third-order valence-electron chi connectivity index (χ3n) is 3.81. The van der Waals surface area contributed by atoms with Gasteiger partial charge >= 0.3 is 0 Å². The number of rotatable bonds is 5. The van der Waals surface area contributed by atoms with Gasteiger partial charge in [-0.25, -0.2) is 0 Å². The molecule has 0 aliphatic rings. The molecule has 0 amide bonds. The summed E-state index contributed by atoms with van der Waals surface area (Å²) in [5.74, 6) is 1.72. The van der Waals surface area contributed by atoms with Crippen molar-refractivity contribution in [2.75, 3.05) is 10.6 Å². The highest BCUT2D eigenvalue weighted by molar-refractivity contribution is 5.64. The third-order valence-corrected chi connectivity index (χ3v) is 3.81. The lowest BCUT2D eigenvalue weighted by Crippen LogP contribution is -2.09. The molecule has 1 aromatic carbocycles. The molecule has 0 aliphatic carbocycles. The maximum absolute atomic E-state index is 4.48. The van der Waals surface area contributed by atoms with E-state index < -0.39 is 0 Å². The molecule has 3 rings (SSSR count). The van der Waals surface area contributed by atoms with Crippen molar-refractivity contribution in [3.8, 4) is 0 Å². The zero-order valence-electron chi connectivity index (χ0n) is 15.0. The van der Waals surface area contributed by atoms with Crippen LogP contribution in [-0.4, -0.2) is 19.9 Å². The van der Waals surface area contributed by atoms with Crippen LogP contribution in [-0.2, 0) is 6.54 Å². The van der Waals surface area contributed by atoms with Crippen molar-refractivity contribution in [3.63, 3.8) is 0 Å². The van der Waals surface area contributed by atoms with E-state index in [2.05, 4.69) is 63.5 Å². The van der Waals surface area contributed by atoms with Crippen molar-refractivity contribution in [1.82, 2.24) is 19.9 Å². The number of anilines is 3. The molecular weight excluding hydrogens is 312 g/mol. The quantitative estimate of drug-likeness (QED) is 0.738. The van der Waals surface area contributed by atoms with Crippen LogP contribution in [0.15, 0.2) is 36.5 Å². The summed E-state index contributed by atoms with van der Waals surface area (Å²) in [5, 5.41) is 6.53. The molecule has 2 heterocycles. The molecule has 0 atom stereocenters. The topological polar surface area (TPSA) is 75.6 Å². The van der Waals surface area contributed by atoms with Gasteiger partial charge in [-0.3, -0.25) is 4.98 Å². The summed E-state index contributed by atoms with van der Waals surface area (Å²) in [4.78, 5) is 17.5. The van der Waals surface area contributed by atoms with E-state index in [-0.39, 0.29) is 0 Å². The Hall–Kier alpha value is -3.02. The van der Waals surface area contributed by atoms with Crippen molar-refractivity contribution in [3.05, 3.63) is 64.7 Å². The predicted molar refractivity (Wildman–Crippen MR) is 100 cm³/mol. The maximum atomic E-state index is 4.48. The minimum Gasteiger partial charge on any atom is -0.348 e. The van der Waals surface area contributed by atoms with Crippen molar-refractivity contribution >= 4 is 17.6 Å². The van der Waals surface area contributed by atoms with Gasteiger partial charge in [-0.15, -0.1) is 0 Å². The highest BCUT2D eigenvalue weighted by atomic mass is 15.2. The van der Waals surface area contributed by atoms with Crippen molar-refractivity contribution in [1.29, 1.82) is 0 Å². The molecular formula is C19H22N6. The average molecular weight is 334 g/mol. The first-order valence-corrected chi connectivity index (χ1v) is 8.22. The van der Waals surface area contributed by atoms with Crippen LogP contribution in [0.1, 0.15) is 28.2 Å². The standard InChI is InChI=1S/C19H22N6/c1-12-9-13(2)17(14(3)10-12)24-19-23-15(4)22-18(25-19)21-11-16-7-5-6-8-20-16/h5-10H,11H2,1-4H3,(H2,21,22,23,24,25). The van der Waals surface area contributed by atoms with E-state index in [1.54, 1.807) is 6.20 Å². The lowest BCUT2D eigenvalue weighted by molar-refractivity contribution is 0.943. The summed E-state index contributed by atoms with van der Waals surface area (Å²) >= 11 is 0. The van der Waals surface area contributed by atoms with E-state index in [9.17, 15) is 0 Å². The molecule has 0 aliphatic heterocycles. The Morgan fingerprint density at radius 1 is 0.880 bits per heavy atom. The van der Waals surface area contributed by atoms with Crippen molar-refractivity contribution < 1.29 is 0 Å². The third kappa shape index (κ3) is 4.29. The fraction of sp³-hybridized carbons (Fsp3) is 0.263. The molecule has 0 unspecified atom stereocenters. The largest absolute Gasteiger partial charge is 0.348 e. The number of hydrogen-bond acceptors (Lipinski definition) is 6. The Morgan fingerprint density at radius 3 is 2.28 bits per heavy atom. The molecule has 2 N–H and O–H groups in total. The molecule has 2 aromatic heterocycles. The maximum Gasteiger partial charge on any atom is 0.232 e. The summed E-state index contributed by atoms with van der Waals surface area (Å²) in [6, 6.07) is 10.1. The van der Waals surface area contributed by atoms with Gasteiger partial charge in [-0.2, -0.15) is 15.0 Å². The Bertz CT molecular complexity index is 853. The minimum absolute atomic E-state index is 0.531. The van der Waals surface area contributed by atoms with Gasteiger partial charge in [0.2, 0.25) is 11.9 Å². The van der Waals surface area contributed by atoms with E-state index in [0.717, 1.165) is 11.4 Å². The number of aromatic nitrogens is 4. The number of benzene rings is 1. The average Bonchev–Trinajstić information content (AvgIpc) is 2.57. The van der Waals surface area contributed by atoms with Crippen LogP contribution in [0.25, 0.3) is 0 Å². The van der Waals surface area contributed by atoms with Crippen molar-refractivity contribution in [2.24, 2.45) is 0 Å². The Kier molecular flexibility index (Phi) is 4.88. The lowest BCUT2D eigenvalue weighted by atomic mass is 10.1. The second kappa shape index (κ2) is 7.25. The Labute approximate surface area is 147 Å². The van der Waals surface area contributed by atoms with Gasteiger partial charge in [0.1, 0.15) is 5.82 Å². The summed E-state index contributed by atoms with van der Waals surface area (Å²) in [5.41, 5.74) is 5.54. The van der Waals surface area contributed by atoms with Gasteiger partial charge in [-0.05, 0) is 51.0 Å². The number of hydrogen-bond donors (Lipinski definition) is 2. The smallest absolute Gasteiger partial charge is 0.232 e. The molecule has 6 heteroatoms. The predicted octanol–water partition coefficient (Wildman–Crippen LogP) is 3.86. The zero-order chi connectivity index (χ0) is 17.8. The van der Waals surface area contributed by atoms with Gasteiger partial charge in [0.25, 0.3) is 0 Å². The molecule has 128 valence electrons. The minimum atomic E-state index is 0.531. The molecule has 0 fully saturated rings. The summed E-state index contributed by atoms with van der Waals surface area (Å²) in [6.45, 7) is 8.67. The van der Waals surface area contributed by atoms with Gasteiger partial charge < -0.3 is 10.6 Å². The molecule has 6 nitrogen and oxygen atoms in total. The fourth-order valence-corrected chi connectivity index (χ4v) is 2.78. The van der Waals surface area contributed by atoms with Gasteiger partial charge in [0.15, 0.2) is 0 Å². The van der Waals surface area contributed by atoms with E-state index in [0.29, 0.717) is 24.3 Å². The van der Waals surface area contributed by atoms with Gasteiger partial charge in [-0.1, -0.05) is 23.8 Å². The Morgan fingerprint density at radius 2 is 1.60 bits per heavy atom. The fourth-order valence-electron chi connectivity index (χ4n) is 2.78. The van der Waals surface area contributed by atoms with E-state index in [4.69, 9.17) is 0 Å². The van der Waals surface area contributed by atoms with Crippen LogP contribution in [0.3, 0.4) is 0 Å². The van der Waals surface area contributed by atoms with Crippen molar-refractivity contribution in [2.45, 2.75) is 34.2 Å². The Balaban J connectivity index is 1.80. The monoisotopic (exact) mass is 334 g/mol. The van der Waals surface area contributed by atoms with E-state index in [1.807, 2.05) is 25.1 Å². The number of nitrogens with one attached hydrogen (secondary N) is 2. The first-order chi connectivity index (χ1) is 12.0. The normalized spacial score (nSPS) is 10.6. The first-order valence-electron chi connectivity index (χ1n) is 8.22. The molecule has 3 aromatic rings. The number of nitrogens with zero attached hydrogens (tertiary/aromatic N) is 4. The van der Waals surface area contributed by atoms with Crippen LogP contribution in [0.5, 0.6) is 0 Å². The summed E-state index contributed by atoms with van der Waals surface area (Å²) in [6.07, 6.45) is 1.77.